The minimum Gasteiger partial charge on any atom is -0.367 e. The summed E-state index contributed by atoms with van der Waals surface area (Å²) in [6.45, 7) is 4.57. The average Bonchev–Trinajstić information content (AvgIpc) is 1.86. The molecule has 1 atom stereocenters. The van der Waals surface area contributed by atoms with Gasteiger partial charge in [0.05, 0.1) is 6.61 Å². The second-order valence-electron chi connectivity index (χ2n) is 1.17. The van der Waals surface area contributed by atoms with Crippen molar-refractivity contribution in [3.8, 4) is 0 Å². The maximum absolute atomic E-state index is 5.00. The predicted octanol–water partition coefficient (Wildman–Crippen LogP) is 0.910. The van der Waals surface area contributed by atoms with Crippen LogP contribution in [0.1, 0.15) is 0 Å². The molecular formula is C4H7OS. The molecule has 2 heteroatoms. The van der Waals surface area contributed by atoms with Crippen molar-refractivity contribution in [2.45, 2.75) is 5.44 Å². The monoisotopic (exact) mass is 103 g/mol. The largest absolute Gasteiger partial charge is 0.367 e. The number of hydrogen-bond donors (Lipinski definition) is 0. The van der Waals surface area contributed by atoms with Gasteiger partial charge in [0.15, 0.2) is 0 Å². The first-order valence-electron chi connectivity index (χ1n) is 1.96. The molecule has 1 radical (unpaired) electrons. The third kappa shape index (κ3) is 0.884. The molecule has 0 aromatic rings. The van der Waals surface area contributed by atoms with Crippen molar-refractivity contribution in [3.05, 3.63) is 6.92 Å². The van der Waals surface area contributed by atoms with E-state index in [1.165, 1.54) is 0 Å². The summed E-state index contributed by atoms with van der Waals surface area (Å²) in [5.41, 5.74) is 0.213. The molecule has 0 aromatic heterocycles. The van der Waals surface area contributed by atoms with E-state index < -0.39 is 0 Å². The fourth-order valence-corrected chi connectivity index (χ4v) is 1.06. The molecule has 1 nitrogen and oxygen atoms in total. The SMILES string of the molecule is [CH2][C@@H]1OCCS1. The highest BCUT2D eigenvalue weighted by Crippen LogP contribution is 2.17. The van der Waals surface area contributed by atoms with Crippen LogP contribution in [0.4, 0.5) is 0 Å². The normalized spacial score (nSPS) is 34.5. The molecule has 0 aromatic carbocycles. The van der Waals surface area contributed by atoms with Crippen molar-refractivity contribution in [2.24, 2.45) is 0 Å². The van der Waals surface area contributed by atoms with Gasteiger partial charge in [0, 0.05) is 5.75 Å². The Hall–Kier alpha value is 0.310. The van der Waals surface area contributed by atoms with E-state index in [-0.39, 0.29) is 5.44 Å². The average molecular weight is 103 g/mol. The van der Waals surface area contributed by atoms with Gasteiger partial charge in [0.2, 0.25) is 0 Å². The molecule has 1 rings (SSSR count). The summed E-state index contributed by atoms with van der Waals surface area (Å²) < 4.78 is 5.00. The minimum absolute atomic E-state index is 0.213. The number of rotatable bonds is 0. The molecule has 0 saturated carbocycles. The fourth-order valence-electron chi connectivity index (χ4n) is 0.407. The fraction of sp³-hybridized carbons (Fsp3) is 0.750. The molecular weight excluding hydrogens is 96.1 g/mol. The van der Waals surface area contributed by atoms with Gasteiger partial charge in [-0.05, 0) is 6.92 Å². The van der Waals surface area contributed by atoms with Crippen LogP contribution in [0.3, 0.4) is 0 Å². The van der Waals surface area contributed by atoms with Crippen molar-refractivity contribution in [3.63, 3.8) is 0 Å². The summed E-state index contributed by atoms with van der Waals surface area (Å²) >= 11 is 1.76. The Morgan fingerprint density at radius 1 is 1.83 bits per heavy atom. The lowest BCUT2D eigenvalue weighted by molar-refractivity contribution is 0.171. The van der Waals surface area contributed by atoms with Crippen LogP contribution >= 0.6 is 11.8 Å². The number of hydrogen-bond acceptors (Lipinski definition) is 2. The Morgan fingerprint density at radius 2 is 2.67 bits per heavy atom. The van der Waals surface area contributed by atoms with E-state index in [0.29, 0.717) is 0 Å². The Balaban J connectivity index is 2.18. The standard InChI is InChI=1S/C4H7OS/c1-4-5-2-3-6-4/h4H,1-3H2/t4-/m1/s1. The van der Waals surface area contributed by atoms with Gasteiger partial charge in [-0.25, -0.2) is 0 Å². The molecule has 1 aliphatic heterocycles. The molecule has 0 aliphatic carbocycles. The number of thioether (sulfide) groups is 1. The second kappa shape index (κ2) is 1.85. The van der Waals surface area contributed by atoms with Crippen LogP contribution in [0.2, 0.25) is 0 Å². The van der Waals surface area contributed by atoms with E-state index in [2.05, 4.69) is 6.92 Å². The van der Waals surface area contributed by atoms with Crippen LogP contribution in [0.5, 0.6) is 0 Å². The van der Waals surface area contributed by atoms with Gasteiger partial charge in [-0.15, -0.1) is 11.8 Å². The van der Waals surface area contributed by atoms with Crippen LogP contribution < -0.4 is 0 Å². The maximum atomic E-state index is 5.00. The highest BCUT2D eigenvalue weighted by molar-refractivity contribution is 8.00. The first-order chi connectivity index (χ1) is 2.89. The molecule has 0 amide bonds. The van der Waals surface area contributed by atoms with Crippen LogP contribution in [0.25, 0.3) is 0 Å². The zero-order valence-corrected chi connectivity index (χ0v) is 4.33. The maximum Gasteiger partial charge on any atom is 0.103 e. The Bertz CT molecular complexity index is 40.8. The summed E-state index contributed by atoms with van der Waals surface area (Å²) in [4.78, 5) is 0. The summed E-state index contributed by atoms with van der Waals surface area (Å²) in [6.07, 6.45) is 0. The van der Waals surface area contributed by atoms with Gasteiger partial charge in [-0.2, -0.15) is 0 Å². The lowest BCUT2D eigenvalue weighted by Crippen LogP contribution is -1.91. The first-order valence-corrected chi connectivity index (χ1v) is 3.01. The third-order valence-corrected chi connectivity index (χ3v) is 1.60. The van der Waals surface area contributed by atoms with E-state index in [1.54, 1.807) is 11.8 Å². The zero-order valence-electron chi connectivity index (χ0n) is 3.52. The highest BCUT2D eigenvalue weighted by Gasteiger charge is 2.07. The first kappa shape index (κ1) is 4.47. The topological polar surface area (TPSA) is 9.23 Å². The van der Waals surface area contributed by atoms with Crippen LogP contribution in [0.15, 0.2) is 0 Å². The molecule has 0 spiro atoms. The van der Waals surface area contributed by atoms with E-state index in [4.69, 9.17) is 4.74 Å². The summed E-state index contributed by atoms with van der Waals surface area (Å²) in [5, 5.41) is 0. The second-order valence-corrected chi connectivity index (χ2v) is 2.44. The molecule has 0 unspecified atom stereocenters. The molecule has 1 fully saturated rings. The smallest absolute Gasteiger partial charge is 0.103 e. The van der Waals surface area contributed by atoms with Crippen molar-refractivity contribution < 1.29 is 4.74 Å². The minimum atomic E-state index is 0.213. The van der Waals surface area contributed by atoms with Crippen molar-refractivity contribution in [2.75, 3.05) is 12.4 Å². The van der Waals surface area contributed by atoms with E-state index in [9.17, 15) is 0 Å². The summed E-state index contributed by atoms with van der Waals surface area (Å²) in [5.74, 6) is 1.12. The van der Waals surface area contributed by atoms with Gasteiger partial charge in [-0.3, -0.25) is 0 Å². The van der Waals surface area contributed by atoms with E-state index >= 15 is 0 Å². The van der Waals surface area contributed by atoms with Crippen LogP contribution in [-0.4, -0.2) is 17.8 Å². The highest BCUT2D eigenvalue weighted by atomic mass is 32.2. The molecule has 6 heavy (non-hydrogen) atoms. The van der Waals surface area contributed by atoms with Crippen LogP contribution in [-0.2, 0) is 4.74 Å². The van der Waals surface area contributed by atoms with Gasteiger partial charge in [0.1, 0.15) is 5.44 Å². The molecule has 35 valence electrons. The van der Waals surface area contributed by atoms with Crippen molar-refractivity contribution in [1.29, 1.82) is 0 Å². The van der Waals surface area contributed by atoms with Gasteiger partial charge >= 0.3 is 0 Å². The number of ether oxygens (including phenoxy) is 1. The Kier molecular flexibility index (Phi) is 1.37. The van der Waals surface area contributed by atoms with Gasteiger partial charge < -0.3 is 4.74 Å². The van der Waals surface area contributed by atoms with Crippen LogP contribution in [0, 0.1) is 6.92 Å². The lowest BCUT2D eigenvalue weighted by Gasteiger charge is -1.93. The summed E-state index contributed by atoms with van der Waals surface area (Å²) in [6, 6.07) is 0. The third-order valence-electron chi connectivity index (χ3n) is 0.691. The molecule has 1 saturated heterocycles. The Labute approximate surface area is 42.1 Å². The molecule has 0 bridgehead atoms. The lowest BCUT2D eigenvalue weighted by atomic mass is 10.8. The van der Waals surface area contributed by atoms with E-state index in [0.717, 1.165) is 12.4 Å². The van der Waals surface area contributed by atoms with E-state index in [1.807, 2.05) is 0 Å². The zero-order chi connectivity index (χ0) is 4.41. The quantitative estimate of drug-likeness (QED) is 0.450. The molecule has 0 N–H and O–H groups in total. The summed E-state index contributed by atoms with van der Waals surface area (Å²) in [7, 11) is 0. The molecule has 1 heterocycles. The molecule has 1 aliphatic rings. The van der Waals surface area contributed by atoms with Gasteiger partial charge in [0.25, 0.3) is 0 Å². The van der Waals surface area contributed by atoms with Gasteiger partial charge in [-0.1, -0.05) is 0 Å². The van der Waals surface area contributed by atoms with Crippen molar-refractivity contribution in [1.82, 2.24) is 0 Å². The van der Waals surface area contributed by atoms with Crippen molar-refractivity contribution >= 4 is 11.8 Å². The predicted molar refractivity (Wildman–Crippen MR) is 27.6 cm³/mol. The Morgan fingerprint density at radius 3 is 2.83 bits per heavy atom.